The van der Waals surface area contributed by atoms with E-state index < -0.39 is 0 Å². The van der Waals surface area contributed by atoms with Gasteiger partial charge in [0.2, 0.25) is 5.95 Å². The average molecular weight is 385 g/mol. The number of nitrogens with two attached hydrogens (primary N) is 1. The van der Waals surface area contributed by atoms with E-state index in [1.807, 2.05) is 12.3 Å². The third-order valence-electron chi connectivity index (χ3n) is 5.76. The van der Waals surface area contributed by atoms with Gasteiger partial charge >= 0.3 is 0 Å². The van der Waals surface area contributed by atoms with Gasteiger partial charge in [0.15, 0.2) is 0 Å². The quantitative estimate of drug-likeness (QED) is 0.813. The van der Waals surface area contributed by atoms with Crippen molar-refractivity contribution < 1.29 is 0 Å². The molecule has 0 unspecified atom stereocenters. The van der Waals surface area contributed by atoms with Crippen molar-refractivity contribution >= 4 is 17.6 Å². The summed E-state index contributed by atoms with van der Waals surface area (Å²) in [6.07, 6.45) is 8.73. The highest BCUT2D eigenvalue weighted by Crippen LogP contribution is 2.30. The second-order valence-electron chi connectivity index (χ2n) is 8.21. The van der Waals surface area contributed by atoms with Crippen LogP contribution >= 0.6 is 0 Å². The molecule has 152 valence electrons. The number of nitrogen functional groups attached to an aromatic ring is 1. The number of rotatable bonds is 6. The second kappa shape index (κ2) is 8.34. The van der Waals surface area contributed by atoms with Crippen LogP contribution in [-0.2, 0) is 6.54 Å². The molecular formula is C20H32N8. The fourth-order valence-electron chi connectivity index (χ4n) is 4.23. The Balaban J connectivity index is 1.51. The maximum absolute atomic E-state index is 6.13. The van der Waals surface area contributed by atoms with Gasteiger partial charge in [-0.3, -0.25) is 0 Å². The van der Waals surface area contributed by atoms with E-state index in [0.29, 0.717) is 11.7 Å². The van der Waals surface area contributed by atoms with Crippen LogP contribution in [0.5, 0.6) is 0 Å². The summed E-state index contributed by atoms with van der Waals surface area (Å²) in [5.74, 6) is 3.89. The van der Waals surface area contributed by atoms with Crippen LogP contribution in [0.1, 0.15) is 37.4 Å². The summed E-state index contributed by atoms with van der Waals surface area (Å²) in [5.41, 5.74) is 6.13. The largest absolute Gasteiger partial charge is 0.383 e. The Hall–Kier alpha value is -2.35. The Morgan fingerprint density at radius 3 is 2.68 bits per heavy atom. The summed E-state index contributed by atoms with van der Waals surface area (Å²) in [4.78, 5) is 20.9. The van der Waals surface area contributed by atoms with E-state index in [1.165, 1.54) is 18.7 Å². The maximum Gasteiger partial charge on any atom is 0.229 e. The van der Waals surface area contributed by atoms with Crippen LogP contribution in [0.3, 0.4) is 0 Å². The first-order chi connectivity index (χ1) is 13.6. The van der Waals surface area contributed by atoms with Crippen LogP contribution in [-0.4, -0.2) is 71.2 Å². The second-order valence-corrected chi connectivity index (χ2v) is 8.21. The summed E-state index contributed by atoms with van der Waals surface area (Å²) in [7, 11) is 4.22. The van der Waals surface area contributed by atoms with Gasteiger partial charge < -0.3 is 25.0 Å². The highest BCUT2D eigenvalue weighted by Gasteiger charge is 2.26. The van der Waals surface area contributed by atoms with Gasteiger partial charge in [-0.1, -0.05) is 0 Å². The number of piperidine rings is 1. The zero-order chi connectivity index (χ0) is 19.5. The van der Waals surface area contributed by atoms with E-state index in [9.17, 15) is 0 Å². The van der Waals surface area contributed by atoms with Crippen LogP contribution in [0.4, 0.5) is 17.6 Å². The van der Waals surface area contributed by atoms with Crippen molar-refractivity contribution in [3.8, 4) is 0 Å². The van der Waals surface area contributed by atoms with Crippen LogP contribution in [0.25, 0.3) is 0 Å². The summed E-state index contributed by atoms with van der Waals surface area (Å²) >= 11 is 0. The van der Waals surface area contributed by atoms with E-state index in [2.05, 4.69) is 44.5 Å². The number of aromatic nitrogens is 4. The molecule has 2 aliphatic rings. The molecule has 0 amide bonds. The highest BCUT2D eigenvalue weighted by molar-refractivity contribution is 5.53. The normalized spacial score (nSPS) is 20.3. The lowest BCUT2D eigenvalue weighted by molar-refractivity contribution is 0.373. The van der Waals surface area contributed by atoms with Crippen LogP contribution in [0, 0.1) is 0 Å². The van der Waals surface area contributed by atoms with E-state index in [4.69, 9.17) is 15.7 Å². The summed E-state index contributed by atoms with van der Waals surface area (Å²) < 4.78 is 2.30. The van der Waals surface area contributed by atoms with Crippen LogP contribution < -0.4 is 15.5 Å². The molecule has 0 radical (unpaired) electrons. The van der Waals surface area contributed by atoms with Gasteiger partial charge in [0.25, 0.3) is 0 Å². The number of likely N-dealkylation sites (N-methyl/N-ethyl adjacent to an activating group) is 1. The van der Waals surface area contributed by atoms with Crippen molar-refractivity contribution in [1.82, 2.24) is 24.4 Å². The van der Waals surface area contributed by atoms with Gasteiger partial charge in [0.1, 0.15) is 17.5 Å². The lowest BCUT2D eigenvalue weighted by atomic mass is 9.97. The topological polar surface area (TPSA) is 79.3 Å². The molecule has 2 aliphatic heterocycles. The molecule has 2 aromatic rings. The zero-order valence-corrected chi connectivity index (χ0v) is 17.1. The van der Waals surface area contributed by atoms with E-state index in [-0.39, 0.29) is 0 Å². The van der Waals surface area contributed by atoms with Crippen LogP contribution in [0.15, 0.2) is 18.5 Å². The lowest BCUT2D eigenvalue weighted by Gasteiger charge is -2.34. The predicted octanol–water partition coefficient (Wildman–Crippen LogP) is 1.80. The van der Waals surface area contributed by atoms with E-state index in [0.717, 1.165) is 63.9 Å². The monoisotopic (exact) mass is 384 g/mol. The van der Waals surface area contributed by atoms with Gasteiger partial charge in [0, 0.05) is 63.6 Å². The Morgan fingerprint density at radius 2 is 1.89 bits per heavy atom. The van der Waals surface area contributed by atoms with Gasteiger partial charge in [-0.2, -0.15) is 9.97 Å². The highest BCUT2D eigenvalue weighted by atomic mass is 15.3. The lowest BCUT2D eigenvalue weighted by Crippen LogP contribution is -2.36. The summed E-state index contributed by atoms with van der Waals surface area (Å²) in [5, 5.41) is 0. The zero-order valence-electron chi connectivity index (χ0n) is 17.1. The SMILES string of the molecule is CN(C)CCn1ccnc1[C@H]1CCCN(c2cc(N)nc(N3CCCC3)n2)C1. The van der Waals surface area contributed by atoms with Gasteiger partial charge in [-0.05, 0) is 39.8 Å². The molecule has 8 heteroatoms. The van der Waals surface area contributed by atoms with Gasteiger partial charge in [-0.15, -0.1) is 0 Å². The maximum atomic E-state index is 6.13. The molecule has 2 N–H and O–H groups in total. The Bertz CT molecular complexity index is 780. The molecule has 0 saturated carbocycles. The van der Waals surface area contributed by atoms with Crippen molar-refractivity contribution in [2.24, 2.45) is 0 Å². The van der Waals surface area contributed by atoms with Crippen molar-refractivity contribution in [2.45, 2.75) is 38.1 Å². The molecule has 2 fully saturated rings. The minimum absolute atomic E-state index is 0.414. The third-order valence-corrected chi connectivity index (χ3v) is 5.76. The molecule has 2 saturated heterocycles. The molecule has 4 heterocycles. The molecule has 0 bridgehead atoms. The average Bonchev–Trinajstić information content (AvgIpc) is 3.38. The molecule has 4 rings (SSSR count). The first-order valence-electron chi connectivity index (χ1n) is 10.4. The van der Waals surface area contributed by atoms with E-state index in [1.54, 1.807) is 0 Å². The molecule has 28 heavy (non-hydrogen) atoms. The molecule has 0 aliphatic carbocycles. The smallest absolute Gasteiger partial charge is 0.229 e. The first kappa shape index (κ1) is 19.0. The number of hydrogen-bond donors (Lipinski definition) is 1. The molecule has 1 atom stereocenters. The molecule has 2 aromatic heterocycles. The van der Waals surface area contributed by atoms with Crippen molar-refractivity contribution in [2.75, 3.05) is 62.4 Å². The van der Waals surface area contributed by atoms with Crippen LogP contribution in [0.2, 0.25) is 0 Å². The van der Waals surface area contributed by atoms with Crippen molar-refractivity contribution in [3.05, 3.63) is 24.3 Å². The third kappa shape index (κ3) is 4.22. The first-order valence-corrected chi connectivity index (χ1v) is 10.4. The van der Waals surface area contributed by atoms with E-state index >= 15 is 0 Å². The Kier molecular flexibility index (Phi) is 5.66. The summed E-state index contributed by atoms with van der Waals surface area (Å²) in [6, 6.07) is 1.92. The standard InChI is InChI=1S/C20H32N8/c1-25(2)12-13-26-11-7-22-19(26)16-6-5-10-28(15-16)18-14-17(21)23-20(24-18)27-8-3-4-9-27/h7,11,14,16H,3-6,8-10,12-13,15H2,1-2H3,(H2,21,23,24)/t16-/m0/s1. The Morgan fingerprint density at radius 1 is 1.11 bits per heavy atom. The Labute approximate surface area is 167 Å². The molecule has 0 aromatic carbocycles. The number of hydrogen-bond acceptors (Lipinski definition) is 7. The van der Waals surface area contributed by atoms with Gasteiger partial charge in [0.05, 0.1) is 0 Å². The fraction of sp³-hybridized carbons (Fsp3) is 0.650. The predicted molar refractivity (Wildman–Crippen MR) is 113 cm³/mol. The number of imidazole rings is 1. The van der Waals surface area contributed by atoms with Crippen molar-refractivity contribution in [1.29, 1.82) is 0 Å². The molecular weight excluding hydrogens is 352 g/mol. The van der Waals surface area contributed by atoms with Gasteiger partial charge in [-0.25, -0.2) is 4.98 Å². The minimum atomic E-state index is 0.414. The number of anilines is 3. The minimum Gasteiger partial charge on any atom is -0.383 e. The molecule has 8 nitrogen and oxygen atoms in total. The fourth-order valence-corrected chi connectivity index (χ4v) is 4.23. The summed E-state index contributed by atoms with van der Waals surface area (Å²) in [6.45, 7) is 5.96. The number of nitrogens with zero attached hydrogens (tertiary/aromatic N) is 7. The molecule has 0 spiro atoms. The van der Waals surface area contributed by atoms with Crippen molar-refractivity contribution in [3.63, 3.8) is 0 Å².